The summed E-state index contributed by atoms with van der Waals surface area (Å²) < 4.78 is 11.4. The van der Waals surface area contributed by atoms with E-state index in [1.165, 1.54) is 44.1 Å². The van der Waals surface area contributed by atoms with Gasteiger partial charge in [0.1, 0.15) is 0 Å². The van der Waals surface area contributed by atoms with Crippen LogP contribution in [0.2, 0.25) is 0 Å². The molecule has 0 spiro atoms. The largest absolute Gasteiger partial charge is 0.381 e. The maximum atomic E-state index is 12.6. The van der Waals surface area contributed by atoms with Crippen LogP contribution in [0.4, 0.5) is 0 Å². The number of carbonyl (C=O) groups excluding carboxylic acids is 1. The molecule has 0 atom stereocenters. The summed E-state index contributed by atoms with van der Waals surface area (Å²) in [6.45, 7) is 3.22. The fourth-order valence-corrected chi connectivity index (χ4v) is 6.96. The van der Waals surface area contributed by atoms with Gasteiger partial charge in [0, 0.05) is 38.4 Å². The second kappa shape index (κ2) is 12.9. The van der Waals surface area contributed by atoms with E-state index in [1.54, 1.807) is 0 Å². The molecule has 5 rings (SSSR count). The summed E-state index contributed by atoms with van der Waals surface area (Å²) >= 11 is 0. The number of unbranched alkanes of at least 4 members (excludes halogenated alkanes) is 3. The topological polar surface area (TPSA) is 47.6 Å². The van der Waals surface area contributed by atoms with Crippen LogP contribution in [0.25, 0.3) is 0 Å². The molecule has 0 radical (unpaired) electrons. The fraction of sp³-hybridized carbons (Fsp3) is 0.759. The third-order valence-corrected chi connectivity index (χ3v) is 8.06. The van der Waals surface area contributed by atoms with Crippen molar-refractivity contribution >= 4 is 5.91 Å². The first-order chi connectivity index (χ1) is 16.2. The Balaban J connectivity index is 0.916. The molecule has 4 aliphatic carbocycles. The Labute approximate surface area is 201 Å². The number of nitrogens with one attached hydrogen (secondary N) is 1. The molecule has 0 unspecified atom stereocenters. The van der Waals surface area contributed by atoms with Crippen LogP contribution in [0.3, 0.4) is 0 Å². The number of aryl methyl sites for hydroxylation is 1. The van der Waals surface area contributed by atoms with Crippen molar-refractivity contribution in [3.05, 3.63) is 35.9 Å². The third kappa shape index (κ3) is 8.10. The predicted octanol–water partition coefficient (Wildman–Crippen LogP) is 6.08. The number of carbonyl (C=O) groups is 1. The molecule has 184 valence electrons. The quantitative estimate of drug-likeness (QED) is 0.307. The van der Waals surface area contributed by atoms with Gasteiger partial charge in [0.2, 0.25) is 5.91 Å². The molecule has 1 aromatic rings. The average molecular weight is 456 g/mol. The van der Waals surface area contributed by atoms with Gasteiger partial charge in [-0.15, -0.1) is 0 Å². The van der Waals surface area contributed by atoms with Gasteiger partial charge < -0.3 is 14.8 Å². The molecular formula is C29H45NO3. The first-order valence-corrected chi connectivity index (χ1v) is 13.7. The smallest absolute Gasteiger partial charge is 0.220 e. The summed E-state index contributed by atoms with van der Waals surface area (Å²) in [5.74, 6) is 2.98. The van der Waals surface area contributed by atoms with Crippen molar-refractivity contribution in [3.8, 4) is 0 Å². The lowest BCUT2D eigenvalue weighted by Gasteiger charge is -2.56. The molecule has 4 aliphatic rings. The summed E-state index contributed by atoms with van der Waals surface area (Å²) in [5.41, 5.74) is 1.55. The summed E-state index contributed by atoms with van der Waals surface area (Å²) in [4.78, 5) is 12.6. The van der Waals surface area contributed by atoms with Gasteiger partial charge in [0.25, 0.3) is 0 Å². The van der Waals surface area contributed by atoms with Gasteiger partial charge >= 0.3 is 0 Å². The SMILES string of the molecule is O=C(CCCCCCOCCCOCCCc1ccccc1)NC12CC3CC(CC(C3)C1)C2. The number of amides is 1. The Hall–Kier alpha value is -1.39. The lowest BCUT2D eigenvalue weighted by Crippen LogP contribution is -2.59. The molecular weight excluding hydrogens is 410 g/mol. The van der Waals surface area contributed by atoms with E-state index < -0.39 is 0 Å². The van der Waals surface area contributed by atoms with Crippen LogP contribution in [-0.4, -0.2) is 37.9 Å². The summed E-state index contributed by atoms with van der Waals surface area (Å²) in [6, 6.07) is 10.6. The van der Waals surface area contributed by atoms with Crippen LogP contribution < -0.4 is 5.32 Å². The Morgan fingerprint density at radius 3 is 2.00 bits per heavy atom. The number of hydrogen-bond acceptors (Lipinski definition) is 3. The lowest BCUT2D eigenvalue weighted by molar-refractivity contribution is -0.127. The minimum Gasteiger partial charge on any atom is -0.381 e. The van der Waals surface area contributed by atoms with E-state index in [0.717, 1.165) is 89.1 Å². The van der Waals surface area contributed by atoms with E-state index in [4.69, 9.17) is 9.47 Å². The summed E-state index contributed by atoms with van der Waals surface area (Å²) in [7, 11) is 0. The molecule has 33 heavy (non-hydrogen) atoms. The Morgan fingerprint density at radius 1 is 0.758 bits per heavy atom. The molecule has 0 aromatic heterocycles. The Kier molecular flexibility index (Phi) is 9.67. The van der Waals surface area contributed by atoms with Crippen molar-refractivity contribution in [2.45, 2.75) is 95.4 Å². The molecule has 4 nitrogen and oxygen atoms in total. The molecule has 1 N–H and O–H groups in total. The third-order valence-electron chi connectivity index (χ3n) is 8.06. The molecule has 0 aliphatic heterocycles. The molecule has 4 fully saturated rings. The van der Waals surface area contributed by atoms with Crippen LogP contribution in [0.15, 0.2) is 30.3 Å². The van der Waals surface area contributed by atoms with Crippen molar-refractivity contribution in [1.29, 1.82) is 0 Å². The molecule has 0 heterocycles. The minimum absolute atomic E-state index is 0.172. The molecule has 0 saturated heterocycles. The molecule has 4 saturated carbocycles. The van der Waals surface area contributed by atoms with Crippen molar-refractivity contribution in [3.63, 3.8) is 0 Å². The lowest BCUT2D eigenvalue weighted by atomic mass is 9.53. The average Bonchev–Trinajstić information content (AvgIpc) is 2.78. The van der Waals surface area contributed by atoms with E-state index in [0.29, 0.717) is 12.3 Å². The van der Waals surface area contributed by atoms with E-state index in [-0.39, 0.29) is 5.54 Å². The van der Waals surface area contributed by atoms with Crippen LogP contribution in [0.1, 0.15) is 89.0 Å². The summed E-state index contributed by atoms with van der Waals surface area (Å²) in [5, 5.41) is 3.50. The molecule has 1 amide bonds. The monoisotopic (exact) mass is 455 g/mol. The van der Waals surface area contributed by atoms with E-state index in [2.05, 4.69) is 35.6 Å². The highest BCUT2D eigenvalue weighted by molar-refractivity contribution is 5.76. The van der Waals surface area contributed by atoms with Crippen molar-refractivity contribution in [2.75, 3.05) is 26.4 Å². The van der Waals surface area contributed by atoms with E-state index in [9.17, 15) is 4.79 Å². The van der Waals surface area contributed by atoms with Gasteiger partial charge in [0.15, 0.2) is 0 Å². The molecule has 4 bridgehead atoms. The normalized spacial score (nSPS) is 27.7. The standard InChI is InChI=1S/C29H45NO3/c31-28(30-29-21-25-18-26(22-29)20-27(19-25)23-29)13-6-1-2-7-14-32-16-9-17-33-15-8-12-24-10-4-3-5-11-24/h3-5,10-11,25-27H,1-2,6-9,12-23H2,(H,30,31). The van der Waals surface area contributed by atoms with Gasteiger partial charge in [-0.3, -0.25) is 4.79 Å². The van der Waals surface area contributed by atoms with E-state index >= 15 is 0 Å². The maximum Gasteiger partial charge on any atom is 0.220 e. The minimum atomic E-state index is 0.172. The highest BCUT2D eigenvalue weighted by Gasteiger charge is 2.51. The highest BCUT2D eigenvalue weighted by atomic mass is 16.5. The predicted molar refractivity (Wildman–Crippen MR) is 133 cm³/mol. The number of hydrogen-bond donors (Lipinski definition) is 1. The Morgan fingerprint density at radius 2 is 1.33 bits per heavy atom. The van der Waals surface area contributed by atoms with E-state index in [1.807, 2.05) is 0 Å². The highest BCUT2D eigenvalue weighted by Crippen LogP contribution is 2.55. The van der Waals surface area contributed by atoms with Crippen molar-refractivity contribution < 1.29 is 14.3 Å². The van der Waals surface area contributed by atoms with Crippen molar-refractivity contribution in [2.24, 2.45) is 17.8 Å². The van der Waals surface area contributed by atoms with Crippen LogP contribution in [-0.2, 0) is 20.7 Å². The van der Waals surface area contributed by atoms with Gasteiger partial charge in [-0.1, -0.05) is 43.2 Å². The fourth-order valence-electron chi connectivity index (χ4n) is 6.96. The molecule has 4 heteroatoms. The zero-order valence-corrected chi connectivity index (χ0v) is 20.6. The zero-order chi connectivity index (χ0) is 22.8. The van der Waals surface area contributed by atoms with Gasteiger partial charge in [0.05, 0.1) is 0 Å². The Bertz CT molecular complexity index is 669. The zero-order valence-electron chi connectivity index (χ0n) is 20.6. The van der Waals surface area contributed by atoms with Crippen LogP contribution in [0, 0.1) is 17.8 Å². The van der Waals surface area contributed by atoms with Gasteiger partial charge in [-0.2, -0.15) is 0 Å². The van der Waals surface area contributed by atoms with Gasteiger partial charge in [-0.25, -0.2) is 0 Å². The first-order valence-electron chi connectivity index (χ1n) is 13.7. The van der Waals surface area contributed by atoms with Crippen molar-refractivity contribution in [1.82, 2.24) is 5.32 Å². The number of ether oxygens (including phenoxy) is 2. The maximum absolute atomic E-state index is 12.6. The first kappa shape index (κ1) is 24.7. The summed E-state index contributed by atoms with van der Waals surface area (Å²) in [6.07, 6.45) is 16.2. The second-order valence-electron chi connectivity index (χ2n) is 11.1. The number of benzene rings is 1. The molecule has 1 aromatic carbocycles. The van der Waals surface area contributed by atoms with Gasteiger partial charge in [-0.05, 0) is 93.9 Å². The second-order valence-corrected chi connectivity index (χ2v) is 11.1. The van der Waals surface area contributed by atoms with Crippen LogP contribution in [0.5, 0.6) is 0 Å². The number of rotatable bonds is 16. The van der Waals surface area contributed by atoms with Crippen LogP contribution >= 0.6 is 0 Å².